The molecule has 2 amide bonds. The molecule has 0 aromatic heterocycles. The Balaban J connectivity index is 1.56. The molecule has 1 saturated carbocycles. The average molecular weight is 315 g/mol. The number of rotatable bonds is 4. The molecule has 0 saturated heterocycles. The highest BCUT2D eigenvalue weighted by molar-refractivity contribution is 6.06. The van der Waals surface area contributed by atoms with Gasteiger partial charge in [-0.2, -0.15) is 5.10 Å². The normalized spacial score (nSPS) is 26.1. The highest BCUT2D eigenvalue weighted by Crippen LogP contribution is 2.37. The van der Waals surface area contributed by atoms with Crippen molar-refractivity contribution in [1.82, 2.24) is 5.43 Å². The molecule has 3 atom stereocenters. The molecule has 23 heavy (non-hydrogen) atoms. The highest BCUT2D eigenvalue weighted by atomic mass is 16.5. The number of carbonyl (C=O) groups excluding carboxylic acids is 2. The number of carbonyl (C=O) groups is 2. The molecule has 122 valence electrons. The Hall–Kier alpha value is -2.37. The Labute approximate surface area is 135 Å². The Morgan fingerprint density at radius 3 is 2.65 bits per heavy atom. The van der Waals surface area contributed by atoms with Crippen LogP contribution in [0.15, 0.2) is 29.4 Å². The average Bonchev–Trinajstić information content (AvgIpc) is 3.22. The van der Waals surface area contributed by atoms with Gasteiger partial charge in [-0.15, -0.1) is 0 Å². The molecule has 0 radical (unpaired) electrons. The summed E-state index contributed by atoms with van der Waals surface area (Å²) < 4.78 is 5.19. The Morgan fingerprint density at radius 2 is 2.04 bits per heavy atom. The lowest BCUT2D eigenvalue weighted by Crippen LogP contribution is -2.31. The fourth-order valence-corrected chi connectivity index (χ4v) is 2.69. The van der Waals surface area contributed by atoms with Crippen molar-refractivity contribution in [1.29, 1.82) is 0 Å². The van der Waals surface area contributed by atoms with Crippen LogP contribution >= 0.6 is 0 Å². The van der Waals surface area contributed by atoms with Crippen LogP contribution in [0.25, 0.3) is 0 Å². The van der Waals surface area contributed by atoms with Crippen LogP contribution in [-0.2, 0) is 9.53 Å². The second-order valence-corrected chi connectivity index (χ2v) is 6.41. The summed E-state index contributed by atoms with van der Waals surface area (Å²) >= 11 is 0. The molecule has 1 aliphatic heterocycles. The minimum absolute atomic E-state index is 0.0627. The van der Waals surface area contributed by atoms with E-state index in [1.165, 1.54) is 0 Å². The molecule has 0 bridgehead atoms. The molecule has 3 unspecified atom stereocenters. The molecule has 3 rings (SSSR count). The summed E-state index contributed by atoms with van der Waals surface area (Å²) in [6.45, 7) is 4.61. The van der Waals surface area contributed by atoms with E-state index in [-0.39, 0.29) is 11.8 Å². The van der Waals surface area contributed by atoms with Crippen LogP contribution in [0, 0.1) is 17.8 Å². The van der Waals surface area contributed by atoms with Gasteiger partial charge in [-0.05, 0) is 36.0 Å². The van der Waals surface area contributed by atoms with Gasteiger partial charge in [-0.25, -0.2) is 10.2 Å². The van der Waals surface area contributed by atoms with Crippen LogP contribution in [0.2, 0.25) is 0 Å². The smallest absolute Gasteiger partial charge is 0.411 e. The number of nitrogens with zero attached hydrogens (tertiary/aromatic N) is 1. The molecule has 0 spiro atoms. The molecular weight excluding hydrogens is 294 g/mol. The van der Waals surface area contributed by atoms with E-state index in [2.05, 4.69) is 22.8 Å². The third kappa shape index (κ3) is 3.88. The predicted octanol–water partition coefficient (Wildman–Crippen LogP) is 2.75. The number of hydrazone groups is 1. The maximum absolute atomic E-state index is 11.7. The number of hydrogen-bond donors (Lipinski definition) is 2. The van der Waals surface area contributed by atoms with Crippen molar-refractivity contribution in [3.05, 3.63) is 29.8 Å². The van der Waals surface area contributed by atoms with Gasteiger partial charge >= 0.3 is 6.09 Å². The van der Waals surface area contributed by atoms with Crippen molar-refractivity contribution in [3.63, 3.8) is 0 Å². The molecule has 1 fully saturated rings. The zero-order valence-electron chi connectivity index (χ0n) is 13.3. The van der Waals surface area contributed by atoms with Crippen molar-refractivity contribution in [3.8, 4) is 0 Å². The number of hydrogen-bond acceptors (Lipinski definition) is 4. The fraction of sp³-hybridized carbons (Fsp3) is 0.471. The SMILES string of the molecule is CC1CC(=O)NN=C1c1ccc(NC(=O)OCC2CC2C)cc1. The van der Waals surface area contributed by atoms with Gasteiger partial charge in [0.15, 0.2) is 0 Å². The van der Waals surface area contributed by atoms with E-state index in [1.807, 2.05) is 31.2 Å². The summed E-state index contributed by atoms with van der Waals surface area (Å²) in [4.78, 5) is 23.0. The first-order chi connectivity index (χ1) is 11.0. The van der Waals surface area contributed by atoms with Crippen LogP contribution in [0.4, 0.5) is 10.5 Å². The monoisotopic (exact) mass is 315 g/mol. The van der Waals surface area contributed by atoms with Gasteiger partial charge in [0.1, 0.15) is 0 Å². The van der Waals surface area contributed by atoms with Gasteiger partial charge in [0, 0.05) is 18.0 Å². The maximum Gasteiger partial charge on any atom is 0.411 e. The Bertz CT molecular complexity index is 639. The molecule has 1 aromatic carbocycles. The van der Waals surface area contributed by atoms with Crippen molar-refractivity contribution >= 4 is 23.4 Å². The third-order valence-corrected chi connectivity index (χ3v) is 4.39. The van der Waals surface area contributed by atoms with E-state index in [0.717, 1.165) is 17.7 Å². The van der Waals surface area contributed by atoms with Crippen molar-refractivity contribution in [2.24, 2.45) is 22.9 Å². The molecule has 2 N–H and O–H groups in total. The van der Waals surface area contributed by atoms with E-state index >= 15 is 0 Å². The first kappa shape index (κ1) is 15.5. The number of nitrogens with one attached hydrogen (secondary N) is 2. The molecular formula is C17H21N3O3. The Kier molecular flexibility index (Phi) is 4.32. The minimum Gasteiger partial charge on any atom is -0.449 e. The van der Waals surface area contributed by atoms with Crippen LogP contribution in [0.5, 0.6) is 0 Å². The fourth-order valence-electron chi connectivity index (χ4n) is 2.69. The lowest BCUT2D eigenvalue weighted by atomic mass is 9.94. The number of benzene rings is 1. The van der Waals surface area contributed by atoms with Crippen LogP contribution in [0.1, 0.15) is 32.3 Å². The van der Waals surface area contributed by atoms with Crippen molar-refractivity contribution < 1.29 is 14.3 Å². The van der Waals surface area contributed by atoms with Gasteiger partial charge in [0.25, 0.3) is 0 Å². The molecule has 6 nitrogen and oxygen atoms in total. The maximum atomic E-state index is 11.7. The summed E-state index contributed by atoms with van der Waals surface area (Å²) in [7, 11) is 0. The van der Waals surface area contributed by atoms with Crippen LogP contribution < -0.4 is 10.7 Å². The first-order valence-corrected chi connectivity index (χ1v) is 7.93. The topological polar surface area (TPSA) is 79.8 Å². The lowest BCUT2D eigenvalue weighted by molar-refractivity contribution is -0.121. The van der Waals surface area contributed by atoms with E-state index in [9.17, 15) is 9.59 Å². The second kappa shape index (κ2) is 6.40. The number of ether oxygens (including phenoxy) is 1. The van der Waals surface area contributed by atoms with Crippen LogP contribution in [-0.4, -0.2) is 24.3 Å². The zero-order valence-corrected chi connectivity index (χ0v) is 13.3. The zero-order chi connectivity index (χ0) is 16.4. The lowest BCUT2D eigenvalue weighted by Gasteiger charge is -2.19. The standard InChI is InChI=1S/C17H21N3O3/c1-10-7-13(10)9-23-17(22)18-14-5-3-12(4-6-14)16-11(2)8-15(21)19-20-16/h3-6,10-11,13H,7-9H2,1-2H3,(H,18,22)(H,19,21). The minimum atomic E-state index is -0.424. The van der Waals surface area contributed by atoms with Crippen LogP contribution in [0.3, 0.4) is 0 Å². The summed E-state index contributed by atoms with van der Waals surface area (Å²) in [6, 6.07) is 7.38. The van der Waals surface area contributed by atoms with Gasteiger partial charge in [-0.3, -0.25) is 10.1 Å². The van der Waals surface area contributed by atoms with E-state index in [1.54, 1.807) is 0 Å². The number of anilines is 1. The van der Waals surface area contributed by atoms with Gasteiger partial charge in [0.2, 0.25) is 5.91 Å². The summed E-state index contributed by atoms with van der Waals surface area (Å²) in [6.07, 6.45) is 1.15. The summed E-state index contributed by atoms with van der Waals surface area (Å²) in [5, 5.41) is 6.84. The van der Waals surface area contributed by atoms with E-state index < -0.39 is 6.09 Å². The molecule has 1 aromatic rings. The van der Waals surface area contributed by atoms with Crippen molar-refractivity contribution in [2.45, 2.75) is 26.7 Å². The molecule has 1 aliphatic carbocycles. The van der Waals surface area contributed by atoms with Gasteiger partial charge in [-0.1, -0.05) is 26.0 Å². The predicted molar refractivity (Wildman–Crippen MR) is 87.1 cm³/mol. The molecule has 1 heterocycles. The number of amides is 2. The largest absolute Gasteiger partial charge is 0.449 e. The molecule has 6 heteroatoms. The highest BCUT2D eigenvalue weighted by Gasteiger charge is 2.33. The summed E-state index contributed by atoms with van der Waals surface area (Å²) in [5.74, 6) is 1.20. The van der Waals surface area contributed by atoms with E-state index in [4.69, 9.17) is 4.74 Å². The summed E-state index contributed by atoms with van der Waals surface area (Å²) in [5.41, 5.74) is 4.96. The second-order valence-electron chi connectivity index (χ2n) is 6.41. The molecule has 2 aliphatic rings. The van der Waals surface area contributed by atoms with Gasteiger partial charge in [0.05, 0.1) is 12.3 Å². The van der Waals surface area contributed by atoms with Gasteiger partial charge < -0.3 is 4.74 Å². The quantitative estimate of drug-likeness (QED) is 0.896. The van der Waals surface area contributed by atoms with E-state index in [0.29, 0.717) is 30.6 Å². The third-order valence-electron chi connectivity index (χ3n) is 4.39. The Morgan fingerprint density at radius 1 is 1.35 bits per heavy atom. The first-order valence-electron chi connectivity index (χ1n) is 7.93. The van der Waals surface area contributed by atoms with Crippen molar-refractivity contribution in [2.75, 3.05) is 11.9 Å².